The minimum Gasteiger partial charge on any atom is -0.386 e. The quantitative estimate of drug-likeness (QED) is 0.865. The van der Waals surface area contributed by atoms with Crippen molar-refractivity contribution in [3.63, 3.8) is 0 Å². The molecule has 9 heteroatoms. The summed E-state index contributed by atoms with van der Waals surface area (Å²) in [6.45, 7) is 10.1. The van der Waals surface area contributed by atoms with Crippen molar-refractivity contribution in [2.24, 2.45) is 0 Å². The van der Waals surface area contributed by atoms with Crippen LogP contribution in [0.5, 0.6) is 0 Å². The Morgan fingerprint density at radius 2 is 1.77 bits per heavy atom. The molecule has 7 nitrogen and oxygen atoms in total. The highest BCUT2D eigenvalue weighted by Crippen LogP contribution is 2.26. The van der Waals surface area contributed by atoms with Crippen molar-refractivity contribution in [2.75, 3.05) is 16.3 Å². The third kappa shape index (κ3) is 2.56. The molecule has 0 unspecified atom stereocenters. The Kier molecular flexibility index (Phi) is 4.06. The second-order valence-corrected chi connectivity index (χ2v) is 5.93. The number of H-pyrrole nitrogens is 1. The van der Waals surface area contributed by atoms with Crippen molar-refractivity contribution in [3.8, 4) is 0 Å². The summed E-state index contributed by atoms with van der Waals surface area (Å²) >= 11 is 0. The first-order valence-corrected chi connectivity index (χ1v) is 7.69. The molecular weight excluding hydrogens is 276 g/mol. The summed E-state index contributed by atoms with van der Waals surface area (Å²) in [5, 5.41) is 14.6. The first-order chi connectivity index (χ1) is 10.6. The Hall–Kier alpha value is -2.02. The van der Waals surface area contributed by atoms with Gasteiger partial charge in [-0.3, -0.25) is 0 Å². The summed E-state index contributed by atoms with van der Waals surface area (Å²) in [6, 6.07) is 10.9. The second kappa shape index (κ2) is 6.00. The molecule has 1 aromatic heterocycles. The van der Waals surface area contributed by atoms with Gasteiger partial charge >= 0.3 is 14.0 Å². The van der Waals surface area contributed by atoms with E-state index in [-0.39, 0.29) is 6.98 Å². The normalized spacial score (nSPS) is 16.8. The van der Waals surface area contributed by atoms with Gasteiger partial charge < -0.3 is 14.3 Å². The lowest BCUT2D eigenvalue weighted by molar-refractivity contribution is 0.506. The molecule has 3 rings (SSSR count). The van der Waals surface area contributed by atoms with Gasteiger partial charge in [-0.2, -0.15) is 5.21 Å². The third-order valence-corrected chi connectivity index (χ3v) is 4.34. The van der Waals surface area contributed by atoms with E-state index in [4.69, 9.17) is 0 Å². The maximum atomic E-state index is 4.16. The predicted octanol–water partition coefficient (Wildman–Crippen LogP) is 1.43. The number of anilines is 2. The van der Waals surface area contributed by atoms with E-state index in [9.17, 15) is 0 Å². The number of aromatic amines is 1. The van der Waals surface area contributed by atoms with E-state index in [0.29, 0.717) is 19.0 Å². The number of hydrogen-bond acceptors (Lipinski definition) is 6. The number of nitrogens with zero attached hydrogens (tertiary/aromatic N) is 6. The Labute approximate surface area is 131 Å². The van der Waals surface area contributed by atoms with Gasteiger partial charge in [-0.15, -0.1) is 5.10 Å². The van der Waals surface area contributed by atoms with Crippen LogP contribution in [0, 0.1) is 0 Å². The van der Waals surface area contributed by atoms with Crippen LogP contribution >= 0.6 is 0 Å². The molecular formula is C13H21B2N7. The summed E-state index contributed by atoms with van der Waals surface area (Å²) in [4.78, 5) is 4.52. The number of hydrogen-bond donors (Lipinski definition) is 1. The molecule has 114 valence electrons. The zero-order valence-electron chi connectivity index (χ0n) is 13.5. The van der Waals surface area contributed by atoms with E-state index in [1.165, 1.54) is 5.69 Å². The van der Waals surface area contributed by atoms with Crippen LogP contribution in [-0.4, -0.2) is 52.0 Å². The molecule has 1 saturated heterocycles. The van der Waals surface area contributed by atoms with Crippen molar-refractivity contribution in [1.82, 2.24) is 25.3 Å². The topological polar surface area (TPSA) is 64.2 Å². The van der Waals surface area contributed by atoms with Gasteiger partial charge in [0.05, 0.1) is 6.67 Å². The van der Waals surface area contributed by atoms with Crippen LogP contribution < -0.4 is 9.62 Å². The summed E-state index contributed by atoms with van der Waals surface area (Å²) in [7, 11) is 0. The fraction of sp³-hybridized carbons (Fsp3) is 0.462. The van der Waals surface area contributed by atoms with Gasteiger partial charge in [0.15, 0.2) is 0 Å². The Bertz CT molecular complexity index is 592. The second-order valence-electron chi connectivity index (χ2n) is 5.93. The van der Waals surface area contributed by atoms with Crippen molar-refractivity contribution in [1.29, 1.82) is 0 Å². The van der Waals surface area contributed by atoms with Gasteiger partial charge in [0, 0.05) is 5.69 Å². The summed E-state index contributed by atoms with van der Waals surface area (Å²) in [6.07, 6.45) is 0. The van der Waals surface area contributed by atoms with E-state index in [2.05, 4.69) is 86.7 Å². The highest BCUT2D eigenvalue weighted by atomic mass is 15.5. The lowest BCUT2D eigenvalue weighted by Crippen LogP contribution is -2.72. The molecule has 0 bridgehead atoms. The fourth-order valence-electron chi connectivity index (χ4n) is 3.32. The number of benzene rings is 1. The maximum absolute atomic E-state index is 4.16. The van der Waals surface area contributed by atoms with Crippen LogP contribution in [0.25, 0.3) is 0 Å². The zero-order valence-corrected chi connectivity index (χ0v) is 13.5. The molecule has 22 heavy (non-hydrogen) atoms. The molecule has 2 heterocycles. The van der Waals surface area contributed by atoms with Gasteiger partial charge in [0.25, 0.3) is 5.95 Å². The lowest BCUT2D eigenvalue weighted by Gasteiger charge is -2.50. The molecule has 0 radical (unpaired) electrons. The maximum Gasteiger partial charge on any atom is 0.334 e. The Balaban J connectivity index is 1.97. The summed E-state index contributed by atoms with van der Waals surface area (Å²) in [5.74, 6) is 0.631. The largest absolute Gasteiger partial charge is 0.386 e. The smallest absolute Gasteiger partial charge is 0.334 e. The minimum atomic E-state index is 0.201. The molecule has 0 amide bonds. The summed E-state index contributed by atoms with van der Waals surface area (Å²) in [5.41, 5.74) is 1.20. The number of nitrogens with one attached hydrogen (secondary N) is 1. The highest BCUT2D eigenvalue weighted by molar-refractivity contribution is 6.77. The molecule has 0 spiro atoms. The lowest BCUT2D eigenvalue weighted by atomic mass is 9.56. The van der Waals surface area contributed by atoms with E-state index < -0.39 is 0 Å². The third-order valence-electron chi connectivity index (χ3n) is 4.34. The van der Waals surface area contributed by atoms with E-state index in [1.807, 2.05) is 6.07 Å². The van der Waals surface area contributed by atoms with Gasteiger partial charge in [0.2, 0.25) is 0 Å². The van der Waals surface area contributed by atoms with Crippen LogP contribution in [0.15, 0.2) is 30.3 Å². The van der Waals surface area contributed by atoms with Gasteiger partial charge in [-0.25, -0.2) is 0 Å². The van der Waals surface area contributed by atoms with Crippen LogP contribution in [0.2, 0.25) is 13.6 Å². The Morgan fingerprint density at radius 3 is 2.36 bits per heavy atom. The molecule has 0 aliphatic carbocycles. The fourth-order valence-corrected chi connectivity index (χ4v) is 3.32. The van der Waals surface area contributed by atoms with Crippen LogP contribution in [0.3, 0.4) is 0 Å². The molecule has 1 fully saturated rings. The van der Waals surface area contributed by atoms with Crippen LogP contribution in [0.4, 0.5) is 11.6 Å². The molecule has 0 saturated carbocycles. The molecule has 1 aliphatic heterocycles. The average Bonchev–Trinajstić information content (AvgIpc) is 3.02. The number of tetrazole rings is 1. The number of aromatic nitrogens is 4. The van der Waals surface area contributed by atoms with Gasteiger partial charge in [-0.1, -0.05) is 50.8 Å². The first-order valence-electron chi connectivity index (χ1n) is 7.69. The molecule has 1 aliphatic rings. The van der Waals surface area contributed by atoms with E-state index in [1.54, 1.807) is 0 Å². The highest BCUT2D eigenvalue weighted by Gasteiger charge is 2.43. The predicted molar refractivity (Wildman–Crippen MR) is 90.7 cm³/mol. The van der Waals surface area contributed by atoms with Crippen molar-refractivity contribution in [3.05, 3.63) is 30.3 Å². The molecule has 2 aromatic rings. The van der Waals surface area contributed by atoms with Crippen LogP contribution in [-0.2, 0) is 0 Å². The monoisotopic (exact) mass is 297 g/mol. The molecule has 1 N–H and O–H groups in total. The minimum absolute atomic E-state index is 0.201. The standard InChI is InChI=1S/C13H21B2N7/c1-11(2)22-14(3)20(12-8-6-5-7-9-12)10-21(15(22)4)13-16-18-19-17-13/h5-9,11H,10H2,1-4H3,(H,16,17,18,19). The van der Waals surface area contributed by atoms with Crippen LogP contribution in [0.1, 0.15) is 13.8 Å². The van der Waals surface area contributed by atoms with E-state index >= 15 is 0 Å². The average molecular weight is 297 g/mol. The molecule has 0 atom stereocenters. The van der Waals surface area contributed by atoms with Crippen molar-refractivity contribution < 1.29 is 0 Å². The number of para-hydroxylation sites is 1. The van der Waals surface area contributed by atoms with Crippen molar-refractivity contribution in [2.45, 2.75) is 33.5 Å². The van der Waals surface area contributed by atoms with Gasteiger partial charge in [-0.05, 0) is 23.4 Å². The van der Waals surface area contributed by atoms with E-state index in [0.717, 1.165) is 6.67 Å². The van der Waals surface area contributed by atoms with Crippen molar-refractivity contribution >= 4 is 25.6 Å². The number of rotatable bonds is 3. The molecule has 1 aromatic carbocycles. The first kappa shape index (κ1) is 14.9. The van der Waals surface area contributed by atoms with Gasteiger partial charge in [0.1, 0.15) is 0 Å². The summed E-state index contributed by atoms with van der Waals surface area (Å²) < 4.78 is 2.45. The SMILES string of the molecule is CB1N(c2ccccc2)CN(c2nn[nH]n2)B(C)N1C(C)C. The zero-order chi connectivity index (χ0) is 15.7. The Morgan fingerprint density at radius 1 is 1.09 bits per heavy atom.